The van der Waals surface area contributed by atoms with Crippen LogP contribution >= 0.6 is 0 Å². The maximum atomic E-state index is 13.4. The molecule has 1 aliphatic carbocycles. The molecular formula is C43H61N7O8. The summed E-state index contributed by atoms with van der Waals surface area (Å²) in [4.78, 5) is 83.2. The number of ether oxygens (including phenoxy) is 2. The summed E-state index contributed by atoms with van der Waals surface area (Å²) in [6.45, 7) is 9.69. The molecule has 2 aromatic carbocycles. The summed E-state index contributed by atoms with van der Waals surface area (Å²) in [5, 5.41) is 11.2. The molecule has 5 rings (SSSR count). The number of hydrogen-bond acceptors (Lipinski definition) is 9. The number of carbonyl (C=O) groups excluding carboxylic acids is 6. The molecule has 0 bridgehead atoms. The largest absolute Gasteiger partial charge is 0.453 e. The van der Waals surface area contributed by atoms with Crippen LogP contribution in [-0.2, 0) is 41.7 Å². The third kappa shape index (κ3) is 11.3. The Hall–Kier alpha value is -5.18. The Morgan fingerprint density at radius 3 is 1.33 bits per heavy atom. The van der Waals surface area contributed by atoms with E-state index in [4.69, 9.17) is 9.47 Å². The molecule has 0 radical (unpaired) electrons. The summed E-state index contributed by atoms with van der Waals surface area (Å²) in [5.74, 6) is -1.47. The van der Waals surface area contributed by atoms with Crippen molar-refractivity contribution in [1.29, 1.82) is 0 Å². The van der Waals surface area contributed by atoms with Gasteiger partial charge in [-0.25, -0.2) is 9.59 Å². The fraction of sp³-hybridized carbons (Fsp3) is 0.581. The van der Waals surface area contributed by atoms with E-state index in [0.717, 1.165) is 37.1 Å². The zero-order valence-electron chi connectivity index (χ0n) is 34.8. The summed E-state index contributed by atoms with van der Waals surface area (Å²) >= 11 is 0. The third-order valence-electron chi connectivity index (χ3n) is 11.5. The Labute approximate surface area is 341 Å². The van der Waals surface area contributed by atoms with Crippen LogP contribution in [0.1, 0.15) is 90.2 Å². The summed E-state index contributed by atoms with van der Waals surface area (Å²) in [6.07, 6.45) is 5.71. The van der Waals surface area contributed by atoms with E-state index in [2.05, 4.69) is 26.2 Å². The minimum Gasteiger partial charge on any atom is -0.453 e. The van der Waals surface area contributed by atoms with Gasteiger partial charge < -0.3 is 40.5 Å². The number of benzene rings is 2. The molecule has 6 amide bonds. The lowest BCUT2D eigenvalue weighted by Gasteiger charge is -2.30. The van der Waals surface area contributed by atoms with Crippen molar-refractivity contribution in [3.8, 4) is 0 Å². The number of nitrogens with one attached hydrogen (secondary N) is 4. The summed E-state index contributed by atoms with van der Waals surface area (Å²) in [7, 11) is 2.50. The second-order valence-corrected chi connectivity index (χ2v) is 16.3. The SMILES string of the molecule is COC(=O)NC(C(=O)N1CCCC1C(=O)Nc1ccc(CN(Cc2ccc(NC(=O)C3CCCN3C(=O)C(NC(=O)OC)C(C)C)cc2)C2CCCC2)cc1)C(C)C. The van der Waals surface area contributed by atoms with Gasteiger partial charge in [-0.3, -0.25) is 24.1 Å². The third-order valence-corrected chi connectivity index (χ3v) is 11.5. The Bertz CT molecular complexity index is 1630. The minimum atomic E-state index is -0.795. The first-order valence-electron chi connectivity index (χ1n) is 20.6. The van der Waals surface area contributed by atoms with Gasteiger partial charge in [-0.1, -0.05) is 64.8 Å². The number of anilines is 2. The van der Waals surface area contributed by atoms with Crippen LogP contribution in [0.15, 0.2) is 48.5 Å². The normalized spacial score (nSPS) is 19.3. The number of carbonyl (C=O) groups is 6. The van der Waals surface area contributed by atoms with Crippen LogP contribution in [0.3, 0.4) is 0 Å². The molecule has 58 heavy (non-hydrogen) atoms. The molecule has 15 heteroatoms. The predicted octanol–water partition coefficient (Wildman–Crippen LogP) is 5.25. The zero-order chi connectivity index (χ0) is 41.9. The van der Waals surface area contributed by atoms with Gasteiger partial charge in [0.05, 0.1) is 14.2 Å². The van der Waals surface area contributed by atoms with Crippen molar-refractivity contribution in [2.45, 2.75) is 122 Å². The van der Waals surface area contributed by atoms with E-state index in [1.165, 1.54) is 27.1 Å². The molecular weight excluding hydrogens is 743 g/mol. The quantitative estimate of drug-likeness (QED) is 0.187. The zero-order valence-corrected chi connectivity index (χ0v) is 34.8. The second-order valence-electron chi connectivity index (χ2n) is 16.3. The average molecular weight is 804 g/mol. The van der Waals surface area contributed by atoms with Crippen LogP contribution < -0.4 is 21.3 Å². The number of amides is 6. The molecule has 15 nitrogen and oxygen atoms in total. The molecule has 2 aromatic rings. The van der Waals surface area contributed by atoms with Crippen molar-refractivity contribution in [2.24, 2.45) is 11.8 Å². The van der Waals surface area contributed by atoms with Gasteiger partial charge in [0.2, 0.25) is 23.6 Å². The van der Waals surface area contributed by atoms with Gasteiger partial charge in [0.25, 0.3) is 0 Å². The topological polar surface area (TPSA) is 179 Å². The number of alkyl carbamates (subject to hydrolysis) is 2. The van der Waals surface area contributed by atoms with Crippen LogP contribution in [-0.4, -0.2) is 108 Å². The minimum absolute atomic E-state index is 0.184. The lowest BCUT2D eigenvalue weighted by Crippen LogP contribution is -2.54. The summed E-state index contributed by atoms with van der Waals surface area (Å²) < 4.78 is 9.42. The maximum absolute atomic E-state index is 13.4. The molecule has 316 valence electrons. The molecule has 4 unspecified atom stereocenters. The van der Waals surface area contributed by atoms with Crippen LogP contribution in [0.4, 0.5) is 21.0 Å². The number of hydrogen-bond donors (Lipinski definition) is 4. The number of likely N-dealkylation sites (tertiary alicyclic amines) is 2. The Morgan fingerprint density at radius 2 is 0.983 bits per heavy atom. The molecule has 1 saturated carbocycles. The number of methoxy groups -OCH3 is 2. The van der Waals surface area contributed by atoms with E-state index in [1.807, 2.05) is 76.2 Å². The Balaban J connectivity index is 1.18. The van der Waals surface area contributed by atoms with Crippen molar-refractivity contribution < 1.29 is 38.2 Å². The summed E-state index contributed by atoms with van der Waals surface area (Å²) in [5.41, 5.74) is 3.51. The number of rotatable bonds is 15. The van der Waals surface area contributed by atoms with E-state index in [0.29, 0.717) is 56.2 Å². The van der Waals surface area contributed by atoms with E-state index < -0.39 is 36.4 Å². The lowest BCUT2D eigenvalue weighted by molar-refractivity contribution is -0.139. The molecule has 4 atom stereocenters. The van der Waals surface area contributed by atoms with Crippen molar-refractivity contribution in [3.63, 3.8) is 0 Å². The van der Waals surface area contributed by atoms with Gasteiger partial charge in [-0.2, -0.15) is 0 Å². The molecule has 2 saturated heterocycles. The highest BCUT2D eigenvalue weighted by Gasteiger charge is 2.40. The highest BCUT2D eigenvalue weighted by Crippen LogP contribution is 2.28. The highest BCUT2D eigenvalue weighted by molar-refractivity contribution is 5.99. The first kappa shape index (κ1) is 43.9. The second kappa shape index (κ2) is 20.5. The highest BCUT2D eigenvalue weighted by atomic mass is 16.5. The van der Waals surface area contributed by atoms with Crippen LogP contribution in [0.5, 0.6) is 0 Å². The van der Waals surface area contributed by atoms with Crippen LogP contribution in [0.2, 0.25) is 0 Å². The van der Waals surface area contributed by atoms with Gasteiger partial charge in [0.1, 0.15) is 24.2 Å². The molecule has 2 aliphatic heterocycles. The van der Waals surface area contributed by atoms with Gasteiger partial charge in [0, 0.05) is 43.6 Å². The molecule has 0 spiro atoms. The van der Waals surface area contributed by atoms with Crippen molar-refractivity contribution in [1.82, 2.24) is 25.3 Å². The first-order valence-corrected chi connectivity index (χ1v) is 20.6. The molecule has 0 aromatic heterocycles. The lowest BCUT2D eigenvalue weighted by atomic mass is 10.0. The predicted molar refractivity (Wildman–Crippen MR) is 219 cm³/mol. The standard InChI is InChI=1S/C43H61N7O8/c1-27(2)36(46-42(55)57-5)40(53)49-23-9-13-34(49)38(51)44-31-19-15-29(16-20-31)25-48(33-11-7-8-12-33)26-30-17-21-32(22-18-30)45-39(52)35-14-10-24-50(35)41(54)37(28(3)4)47-43(56)58-6/h15-22,27-28,33-37H,7-14,23-26H2,1-6H3,(H,44,51)(H,45,52)(H,46,55)(H,47,56). The van der Waals surface area contributed by atoms with Gasteiger partial charge in [0.15, 0.2) is 0 Å². The maximum Gasteiger partial charge on any atom is 0.407 e. The van der Waals surface area contributed by atoms with Crippen LogP contribution in [0, 0.1) is 11.8 Å². The van der Waals surface area contributed by atoms with E-state index in [1.54, 1.807) is 9.80 Å². The van der Waals surface area contributed by atoms with E-state index in [9.17, 15) is 28.8 Å². The monoisotopic (exact) mass is 803 g/mol. The van der Waals surface area contributed by atoms with Crippen molar-refractivity contribution in [2.75, 3.05) is 37.9 Å². The smallest absolute Gasteiger partial charge is 0.407 e. The van der Waals surface area contributed by atoms with Gasteiger partial charge in [-0.05, 0) is 85.8 Å². The fourth-order valence-electron chi connectivity index (χ4n) is 8.25. The van der Waals surface area contributed by atoms with E-state index >= 15 is 0 Å². The molecule has 4 N–H and O–H groups in total. The number of nitrogens with zero attached hydrogens (tertiary/aromatic N) is 3. The van der Waals surface area contributed by atoms with Gasteiger partial charge in [-0.15, -0.1) is 0 Å². The van der Waals surface area contributed by atoms with Crippen molar-refractivity contribution in [3.05, 3.63) is 59.7 Å². The van der Waals surface area contributed by atoms with Crippen LogP contribution in [0.25, 0.3) is 0 Å². The molecule has 3 fully saturated rings. The van der Waals surface area contributed by atoms with Crippen molar-refractivity contribution >= 4 is 47.2 Å². The Morgan fingerprint density at radius 1 is 0.603 bits per heavy atom. The first-order chi connectivity index (χ1) is 27.8. The fourth-order valence-corrected chi connectivity index (χ4v) is 8.25. The van der Waals surface area contributed by atoms with Gasteiger partial charge >= 0.3 is 12.2 Å². The molecule has 2 heterocycles. The molecule has 3 aliphatic rings. The average Bonchev–Trinajstić information content (AvgIpc) is 4.02. The Kier molecular flexibility index (Phi) is 15.5. The van der Waals surface area contributed by atoms with E-state index in [-0.39, 0.29) is 35.5 Å². The summed E-state index contributed by atoms with van der Waals surface area (Å²) in [6, 6.07) is 13.2.